The molecule has 2 amide bonds. The molecule has 0 N–H and O–H groups in total. The van der Waals surface area contributed by atoms with E-state index in [1.165, 1.54) is 0 Å². The Bertz CT molecular complexity index is 794. The van der Waals surface area contributed by atoms with Crippen molar-refractivity contribution in [3.05, 3.63) is 28.5 Å². The molecule has 1 fully saturated rings. The first kappa shape index (κ1) is 21.1. The summed E-state index contributed by atoms with van der Waals surface area (Å²) in [4.78, 5) is 37.0. The standard InChI is InChI=1S/C17H16ClF4NO4/c1-7(2)27-16(26)9-4-13(12(19)6-11(9)18)23-14(24)5-10(17(20,21)22)8(3)15(23)25/h4,6-8,10H,5H2,1-3H3. The second-order valence-corrected chi connectivity index (χ2v) is 6.85. The van der Waals surface area contributed by atoms with Crippen LogP contribution in [0.15, 0.2) is 12.1 Å². The van der Waals surface area contributed by atoms with E-state index in [9.17, 15) is 31.9 Å². The Balaban J connectivity index is 2.47. The number of benzene rings is 1. The molecule has 0 spiro atoms. The third-order valence-corrected chi connectivity index (χ3v) is 4.43. The number of alkyl halides is 3. The summed E-state index contributed by atoms with van der Waals surface area (Å²) in [6.45, 7) is 4.14. The van der Waals surface area contributed by atoms with Gasteiger partial charge in [0.2, 0.25) is 11.8 Å². The quantitative estimate of drug-likeness (QED) is 0.428. The molecule has 0 radical (unpaired) electrons. The fourth-order valence-corrected chi connectivity index (χ4v) is 2.98. The van der Waals surface area contributed by atoms with E-state index in [1.807, 2.05) is 0 Å². The highest BCUT2D eigenvalue weighted by Gasteiger charge is 2.52. The van der Waals surface area contributed by atoms with Crippen molar-refractivity contribution in [2.75, 3.05) is 4.90 Å². The van der Waals surface area contributed by atoms with E-state index in [-0.39, 0.29) is 10.6 Å². The number of hydrogen-bond acceptors (Lipinski definition) is 4. The molecule has 10 heteroatoms. The summed E-state index contributed by atoms with van der Waals surface area (Å²) in [6.07, 6.45) is -6.28. The summed E-state index contributed by atoms with van der Waals surface area (Å²) < 4.78 is 58.3. The number of rotatable bonds is 3. The molecule has 0 bridgehead atoms. The Kier molecular flexibility index (Phi) is 5.84. The number of carbonyl (C=O) groups is 3. The van der Waals surface area contributed by atoms with Crippen LogP contribution in [0.1, 0.15) is 37.6 Å². The van der Waals surface area contributed by atoms with Crippen LogP contribution < -0.4 is 4.90 Å². The Hall–Kier alpha value is -2.16. The molecule has 5 nitrogen and oxygen atoms in total. The lowest BCUT2D eigenvalue weighted by Gasteiger charge is -2.35. The minimum absolute atomic E-state index is 0.312. The Morgan fingerprint density at radius 1 is 1.30 bits per heavy atom. The molecule has 148 valence electrons. The third-order valence-electron chi connectivity index (χ3n) is 4.12. The van der Waals surface area contributed by atoms with E-state index < -0.39 is 59.8 Å². The Morgan fingerprint density at radius 2 is 1.89 bits per heavy atom. The number of hydrogen-bond donors (Lipinski definition) is 0. The molecule has 1 heterocycles. The molecule has 27 heavy (non-hydrogen) atoms. The molecule has 2 unspecified atom stereocenters. The van der Waals surface area contributed by atoms with Gasteiger partial charge in [0.15, 0.2) is 0 Å². The van der Waals surface area contributed by atoms with Crippen LogP contribution in [0.4, 0.5) is 23.2 Å². The number of ether oxygens (including phenoxy) is 1. The zero-order chi connectivity index (χ0) is 20.7. The molecule has 0 saturated carbocycles. The second-order valence-electron chi connectivity index (χ2n) is 6.45. The summed E-state index contributed by atoms with van der Waals surface area (Å²) >= 11 is 5.83. The zero-order valence-electron chi connectivity index (χ0n) is 14.6. The van der Waals surface area contributed by atoms with Gasteiger partial charge in [-0.15, -0.1) is 0 Å². The van der Waals surface area contributed by atoms with Crippen LogP contribution in [0, 0.1) is 17.7 Å². The van der Waals surface area contributed by atoms with Crippen molar-refractivity contribution in [2.45, 2.75) is 39.5 Å². The minimum atomic E-state index is -4.75. The van der Waals surface area contributed by atoms with Crippen molar-refractivity contribution in [2.24, 2.45) is 11.8 Å². The molecular weight excluding hydrogens is 394 g/mol. The van der Waals surface area contributed by atoms with Gasteiger partial charge >= 0.3 is 12.1 Å². The van der Waals surface area contributed by atoms with Crippen molar-refractivity contribution < 1.29 is 36.7 Å². The fraction of sp³-hybridized carbons (Fsp3) is 0.471. The summed E-state index contributed by atoms with van der Waals surface area (Å²) in [5, 5.41) is -0.319. The van der Waals surface area contributed by atoms with E-state index in [4.69, 9.17) is 16.3 Å². The molecule has 1 aromatic carbocycles. The molecule has 2 rings (SSSR count). The largest absolute Gasteiger partial charge is 0.459 e. The third kappa shape index (κ3) is 4.23. The number of anilines is 1. The SMILES string of the molecule is CC(C)OC(=O)c1cc(N2C(=O)CC(C(F)(F)F)C(C)C2=O)c(F)cc1Cl. The van der Waals surface area contributed by atoms with E-state index in [0.717, 1.165) is 13.0 Å². The van der Waals surface area contributed by atoms with Crippen LogP contribution in [-0.4, -0.2) is 30.1 Å². The van der Waals surface area contributed by atoms with Crippen molar-refractivity contribution in [3.63, 3.8) is 0 Å². The van der Waals surface area contributed by atoms with Crippen molar-refractivity contribution in [1.29, 1.82) is 0 Å². The van der Waals surface area contributed by atoms with Crippen LogP contribution in [0.25, 0.3) is 0 Å². The van der Waals surface area contributed by atoms with E-state index >= 15 is 0 Å². The lowest BCUT2D eigenvalue weighted by Crippen LogP contribution is -2.52. The molecular formula is C17H16ClF4NO4. The maximum absolute atomic E-state index is 14.3. The minimum Gasteiger partial charge on any atom is -0.459 e. The van der Waals surface area contributed by atoms with Gasteiger partial charge in [0, 0.05) is 12.3 Å². The maximum Gasteiger partial charge on any atom is 0.393 e. The van der Waals surface area contributed by atoms with E-state index in [1.54, 1.807) is 13.8 Å². The van der Waals surface area contributed by atoms with Gasteiger partial charge in [-0.1, -0.05) is 18.5 Å². The van der Waals surface area contributed by atoms with Gasteiger partial charge in [0.25, 0.3) is 0 Å². The highest BCUT2D eigenvalue weighted by Crippen LogP contribution is 2.41. The van der Waals surface area contributed by atoms with Crippen LogP contribution in [0.3, 0.4) is 0 Å². The number of amides is 2. The molecule has 1 aliphatic rings. The summed E-state index contributed by atoms with van der Waals surface area (Å²) in [5.74, 6) is -8.23. The maximum atomic E-state index is 14.3. The average Bonchev–Trinajstić information content (AvgIpc) is 2.50. The number of piperidine rings is 1. The molecule has 0 aliphatic carbocycles. The molecule has 1 aromatic rings. The topological polar surface area (TPSA) is 63.7 Å². The first-order valence-corrected chi connectivity index (χ1v) is 8.36. The second kappa shape index (κ2) is 7.46. The number of imide groups is 1. The van der Waals surface area contributed by atoms with E-state index in [2.05, 4.69) is 0 Å². The molecule has 0 aromatic heterocycles. The monoisotopic (exact) mass is 409 g/mol. The van der Waals surface area contributed by atoms with Gasteiger partial charge in [-0.2, -0.15) is 13.2 Å². The predicted molar refractivity (Wildman–Crippen MR) is 87.8 cm³/mol. The molecule has 2 atom stereocenters. The number of carbonyl (C=O) groups excluding carboxylic acids is 3. The van der Waals surface area contributed by atoms with Crippen LogP contribution in [-0.2, 0) is 14.3 Å². The van der Waals surface area contributed by atoms with Crippen LogP contribution >= 0.6 is 11.6 Å². The normalized spacial score (nSPS) is 21.0. The molecule has 1 aliphatic heterocycles. The van der Waals surface area contributed by atoms with Crippen LogP contribution in [0.5, 0.6) is 0 Å². The van der Waals surface area contributed by atoms with Crippen LogP contribution in [0.2, 0.25) is 5.02 Å². The summed E-state index contributed by atoms with van der Waals surface area (Å²) in [7, 11) is 0. The first-order chi connectivity index (χ1) is 12.3. The summed E-state index contributed by atoms with van der Waals surface area (Å²) in [5.41, 5.74) is -0.953. The van der Waals surface area contributed by atoms with Crippen molar-refractivity contribution in [1.82, 2.24) is 0 Å². The summed E-state index contributed by atoms with van der Waals surface area (Å²) in [6, 6.07) is 1.54. The van der Waals surface area contributed by atoms with Gasteiger partial charge < -0.3 is 4.74 Å². The smallest absolute Gasteiger partial charge is 0.393 e. The lowest BCUT2D eigenvalue weighted by atomic mass is 9.85. The van der Waals surface area contributed by atoms with Gasteiger partial charge in [0.1, 0.15) is 5.82 Å². The fourth-order valence-electron chi connectivity index (χ4n) is 2.75. The van der Waals surface area contributed by atoms with Crippen molar-refractivity contribution in [3.8, 4) is 0 Å². The Labute approximate surface area is 157 Å². The number of nitrogens with zero attached hydrogens (tertiary/aromatic N) is 1. The van der Waals surface area contributed by atoms with Gasteiger partial charge in [-0.3, -0.25) is 9.59 Å². The average molecular weight is 410 g/mol. The molecule has 1 saturated heterocycles. The predicted octanol–water partition coefficient (Wildman–Crippen LogP) is 4.12. The Morgan fingerprint density at radius 3 is 2.41 bits per heavy atom. The first-order valence-electron chi connectivity index (χ1n) is 7.98. The number of halogens is 5. The highest BCUT2D eigenvalue weighted by molar-refractivity contribution is 6.34. The van der Waals surface area contributed by atoms with E-state index in [0.29, 0.717) is 11.0 Å². The van der Waals surface area contributed by atoms with Gasteiger partial charge in [-0.05, 0) is 26.0 Å². The van der Waals surface area contributed by atoms with Gasteiger partial charge in [0.05, 0.1) is 28.3 Å². The number of esters is 1. The highest BCUT2D eigenvalue weighted by atomic mass is 35.5. The van der Waals surface area contributed by atoms with Gasteiger partial charge in [-0.25, -0.2) is 14.1 Å². The zero-order valence-corrected chi connectivity index (χ0v) is 15.3. The van der Waals surface area contributed by atoms with Crippen molar-refractivity contribution >= 4 is 35.1 Å². The lowest BCUT2D eigenvalue weighted by molar-refractivity contribution is -0.195.